The molecule has 0 saturated carbocycles. The Morgan fingerprint density at radius 3 is 2.67 bits per heavy atom. The van der Waals surface area contributed by atoms with Gasteiger partial charge in [-0.1, -0.05) is 6.07 Å². The highest BCUT2D eigenvalue weighted by Crippen LogP contribution is 2.26. The molecule has 1 aromatic carbocycles. The minimum absolute atomic E-state index is 0.202. The summed E-state index contributed by atoms with van der Waals surface area (Å²) in [5.74, 6) is 1.47. The summed E-state index contributed by atoms with van der Waals surface area (Å²) in [6.45, 7) is 0. The molecule has 0 spiro atoms. The Morgan fingerprint density at radius 1 is 1.33 bits per heavy atom. The molecular weight excluding hydrogens is 294 g/mol. The van der Waals surface area contributed by atoms with Crippen LogP contribution in [0.25, 0.3) is 0 Å². The third-order valence-electron chi connectivity index (χ3n) is 2.59. The molecule has 18 heavy (non-hydrogen) atoms. The fourth-order valence-corrected chi connectivity index (χ4v) is 2.27. The summed E-state index contributed by atoms with van der Waals surface area (Å²) in [5, 5.41) is 0. The number of rotatable bonds is 4. The van der Waals surface area contributed by atoms with E-state index in [1.807, 2.05) is 18.2 Å². The molecule has 0 fully saturated rings. The molecule has 1 atom stereocenters. The average Bonchev–Trinajstić information content (AvgIpc) is 2.40. The maximum absolute atomic E-state index is 6.08. The van der Waals surface area contributed by atoms with Crippen LogP contribution in [0.3, 0.4) is 0 Å². The van der Waals surface area contributed by atoms with Crippen molar-refractivity contribution in [3.05, 3.63) is 52.5 Å². The van der Waals surface area contributed by atoms with Crippen LogP contribution < -0.4 is 10.5 Å². The first-order valence-corrected chi connectivity index (χ1v) is 6.35. The van der Waals surface area contributed by atoms with Gasteiger partial charge in [0.05, 0.1) is 17.6 Å². The lowest BCUT2D eigenvalue weighted by Crippen LogP contribution is -2.16. The Labute approximate surface area is 114 Å². The van der Waals surface area contributed by atoms with Crippen LogP contribution in [0.2, 0.25) is 0 Å². The standard InChI is InChI=1S/C13H14BrN3O/c1-18-12-4-3-9(7-10(12)14)8-11(15)13-16-5-2-6-17-13/h2-7,11H,8,15H2,1H3. The molecule has 0 bridgehead atoms. The molecule has 0 saturated heterocycles. The van der Waals surface area contributed by atoms with Crippen molar-refractivity contribution in [2.45, 2.75) is 12.5 Å². The fourth-order valence-electron chi connectivity index (χ4n) is 1.68. The van der Waals surface area contributed by atoms with E-state index in [4.69, 9.17) is 10.5 Å². The van der Waals surface area contributed by atoms with E-state index in [2.05, 4.69) is 25.9 Å². The van der Waals surface area contributed by atoms with Crippen LogP contribution in [-0.4, -0.2) is 17.1 Å². The minimum Gasteiger partial charge on any atom is -0.496 e. The van der Waals surface area contributed by atoms with E-state index in [1.54, 1.807) is 25.6 Å². The normalized spacial score (nSPS) is 12.2. The molecule has 5 heteroatoms. The SMILES string of the molecule is COc1ccc(CC(N)c2ncccn2)cc1Br. The van der Waals surface area contributed by atoms with Crippen LogP contribution in [-0.2, 0) is 6.42 Å². The smallest absolute Gasteiger partial charge is 0.145 e. The number of ether oxygens (including phenoxy) is 1. The Hall–Kier alpha value is -1.46. The molecule has 1 aromatic heterocycles. The van der Waals surface area contributed by atoms with Crippen LogP contribution in [0.4, 0.5) is 0 Å². The van der Waals surface area contributed by atoms with E-state index in [-0.39, 0.29) is 6.04 Å². The van der Waals surface area contributed by atoms with Crippen molar-refractivity contribution in [3.63, 3.8) is 0 Å². The molecule has 0 aliphatic rings. The maximum atomic E-state index is 6.08. The highest BCUT2D eigenvalue weighted by atomic mass is 79.9. The number of halogens is 1. The van der Waals surface area contributed by atoms with Gasteiger partial charge in [-0.15, -0.1) is 0 Å². The average molecular weight is 308 g/mol. The lowest BCUT2D eigenvalue weighted by atomic mass is 10.1. The molecule has 2 N–H and O–H groups in total. The number of aromatic nitrogens is 2. The largest absolute Gasteiger partial charge is 0.496 e. The van der Waals surface area contributed by atoms with Crippen LogP contribution in [0.5, 0.6) is 5.75 Å². The Kier molecular flexibility index (Phi) is 4.28. The van der Waals surface area contributed by atoms with Crippen LogP contribution in [0.1, 0.15) is 17.4 Å². The Bertz CT molecular complexity index is 519. The van der Waals surface area contributed by atoms with Gasteiger partial charge >= 0.3 is 0 Å². The Balaban J connectivity index is 2.12. The van der Waals surface area contributed by atoms with E-state index in [9.17, 15) is 0 Å². The second kappa shape index (κ2) is 5.93. The van der Waals surface area contributed by atoms with E-state index < -0.39 is 0 Å². The zero-order valence-corrected chi connectivity index (χ0v) is 11.6. The first kappa shape index (κ1) is 13.0. The van der Waals surface area contributed by atoms with Gasteiger partial charge in [0.2, 0.25) is 0 Å². The molecule has 0 aliphatic heterocycles. The number of methoxy groups -OCH3 is 1. The summed E-state index contributed by atoms with van der Waals surface area (Å²) < 4.78 is 6.11. The van der Waals surface area contributed by atoms with E-state index in [0.717, 1.165) is 15.8 Å². The zero-order valence-electron chi connectivity index (χ0n) is 10.0. The lowest BCUT2D eigenvalue weighted by molar-refractivity contribution is 0.412. The lowest BCUT2D eigenvalue weighted by Gasteiger charge is -2.11. The quantitative estimate of drug-likeness (QED) is 0.942. The highest BCUT2D eigenvalue weighted by molar-refractivity contribution is 9.10. The number of hydrogen-bond donors (Lipinski definition) is 1. The topological polar surface area (TPSA) is 61.0 Å². The highest BCUT2D eigenvalue weighted by Gasteiger charge is 2.10. The van der Waals surface area contributed by atoms with Gasteiger partial charge < -0.3 is 10.5 Å². The summed E-state index contributed by atoms with van der Waals surface area (Å²) in [6.07, 6.45) is 4.09. The zero-order chi connectivity index (χ0) is 13.0. The minimum atomic E-state index is -0.202. The van der Waals surface area contributed by atoms with Gasteiger partial charge in [-0.05, 0) is 46.1 Å². The second-order valence-corrected chi connectivity index (χ2v) is 4.74. The summed E-state index contributed by atoms with van der Waals surface area (Å²) >= 11 is 3.46. The van der Waals surface area contributed by atoms with E-state index >= 15 is 0 Å². The first-order chi connectivity index (χ1) is 8.70. The third kappa shape index (κ3) is 3.05. The number of nitrogens with two attached hydrogens (primary N) is 1. The number of benzene rings is 1. The van der Waals surface area contributed by atoms with Crippen molar-refractivity contribution in [1.29, 1.82) is 0 Å². The third-order valence-corrected chi connectivity index (χ3v) is 3.21. The van der Waals surface area contributed by atoms with E-state index in [1.165, 1.54) is 0 Å². The molecule has 0 amide bonds. The van der Waals surface area contributed by atoms with Crippen molar-refractivity contribution in [2.24, 2.45) is 5.73 Å². The van der Waals surface area contributed by atoms with Crippen molar-refractivity contribution in [3.8, 4) is 5.75 Å². The van der Waals surface area contributed by atoms with Crippen molar-refractivity contribution < 1.29 is 4.74 Å². The Morgan fingerprint density at radius 2 is 2.06 bits per heavy atom. The number of nitrogens with zero attached hydrogens (tertiary/aromatic N) is 2. The van der Waals surface area contributed by atoms with Crippen LogP contribution >= 0.6 is 15.9 Å². The summed E-state index contributed by atoms with van der Waals surface area (Å²) in [5.41, 5.74) is 7.19. The van der Waals surface area contributed by atoms with Crippen molar-refractivity contribution >= 4 is 15.9 Å². The maximum Gasteiger partial charge on any atom is 0.145 e. The first-order valence-electron chi connectivity index (χ1n) is 5.55. The van der Waals surface area contributed by atoms with Gasteiger partial charge in [0, 0.05) is 12.4 Å². The summed E-state index contributed by atoms with van der Waals surface area (Å²) in [7, 11) is 1.64. The van der Waals surface area contributed by atoms with Gasteiger partial charge in [0.25, 0.3) is 0 Å². The van der Waals surface area contributed by atoms with Crippen molar-refractivity contribution in [1.82, 2.24) is 9.97 Å². The molecule has 2 aromatic rings. The van der Waals surface area contributed by atoms with Crippen LogP contribution in [0.15, 0.2) is 41.1 Å². The second-order valence-electron chi connectivity index (χ2n) is 3.89. The fraction of sp³-hybridized carbons (Fsp3) is 0.231. The van der Waals surface area contributed by atoms with Gasteiger partial charge in [-0.2, -0.15) is 0 Å². The monoisotopic (exact) mass is 307 g/mol. The van der Waals surface area contributed by atoms with Gasteiger partial charge in [0.15, 0.2) is 0 Å². The molecular formula is C13H14BrN3O. The summed E-state index contributed by atoms with van der Waals surface area (Å²) in [6, 6.07) is 7.48. The number of hydrogen-bond acceptors (Lipinski definition) is 4. The molecule has 4 nitrogen and oxygen atoms in total. The van der Waals surface area contributed by atoms with Crippen molar-refractivity contribution in [2.75, 3.05) is 7.11 Å². The molecule has 1 heterocycles. The molecule has 2 rings (SSSR count). The predicted molar refractivity (Wildman–Crippen MR) is 73.4 cm³/mol. The predicted octanol–water partition coefficient (Wildman–Crippen LogP) is 2.49. The van der Waals surface area contributed by atoms with Gasteiger partial charge in [0.1, 0.15) is 11.6 Å². The van der Waals surface area contributed by atoms with Crippen LogP contribution in [0, 0.1) is 0 Å². The molecule has 0 aliphatic carbocycles. The van der Waals surface area contributed by atoms with Gasteiger partial charge in [-0.25, -0.2) is 9.97 Å². The molecule has 1 unspecified atom stereocenters. The molecule has 0 radical (unpaired) electrons. The van der Waals surface area contributed by atoms with Gasteiger partial charge in [-0.3, -0.25) is 0 Å². The molecule has 94 valence electrons. The summed E-state index contributed by atoms with van der Waals surface area (Å²) in [4.78, 5) is 8.32. The van der Waals surface area contributed by atoms with E-state index in [0.29, 0.717) is 12.2 Å².